The zero-order valence-corrected chi connectivity index (χ0v) is 31.8. The van der Waals surface area contributed by atoms with Crippen molar-refractivity contribution in [2.45, 2.75) is 12.3 Å². The third-order valence-corrected chi connectivity index (χ3v) is 12.4. The van der Waals surface area contributed by atoms with Crippen LogP contribution in [0.25, 0.3) is 84.1 Å². The number of furan rings is 1. The maximum atomic E-state index is 6.29. The molecular weight excluding hydrogens is 707 g/mol. The molecule has 0 radical (unpaired) electrons. The molecule has 7 aromatic carbocycles. The van der Waals surface area contributed by atoms with E-state index in [0.717, 1.165) is 62.4 Å². The third kappa shape index (κ3) is 4.63. The lowest BCUT2D eigenvalue weighted by Crippen LogP contribution is -2.15. The number of benzene rings is 7. The number of anilines is 3. The maximum absolute atomic E-state index is 6.29. The minimum Gasteiger partial charge on any atom is -0.456 e. The summed E-state index contributed by atoms with van der Waals surface area (Å²) in [5.41, 5.74) is 16.0. The fourth-order valence-corrected chi connectivity index (χ4v) is 9.84. The lowest BCUT2D eigenvalue weighted by atomic mass is 9.86. The Labute approximate surface area is 335 Å². The standard InChI is InChI=1S/C54H37N3O/c1-3-40-46-30-35(31-47-42-17-9-12-20-50(42)57(54(46)47)48(40)4-2)34-22-24-37(25-23-34)55(39-27-29-53-45(33-39)43-18-10-13-21-52(43)58-53)38-26-28-51-44(32-38)41-16-8-11-19-49(41)56(51)36-14-6-5-7-15-36/h3-30,32-33,35H,1-2,31H2. The molecule has 12 rings (SSSR count). The normalized spacial score (nSPS) is 13.9. The number of hydrogen-bond acceptors (Lipinski definition) is 2. The van der Waals surface area contributed by atoms with E-state index < -0.39 is 0 Å². The molecule has 0 saturated heterocycles. The number of hydrogen-bond donors (Lipinski definition) is 0. The zero-order chi connectivity index (χ0) is 38.5. The van der Waals surface area contributed by atoms with E-state index in [2.05, 4.69) is 185 Å². The highest BCUT2D eigenvalue weighted by atomic mass is 16.3. The second-order valence-electron chi connectivity index (χ2n) is 15.4. The second-order valence-corrected chi connectivity index (χ2v) is 15.4. The summed E-state index contributed by atoms with van der Waals surface area (Å²) in [4.78, 5) is 2.38. The van der Waals surface area contributed by atoms with Gasteiger partial charge in [-0.1, -0.05) is 110 Å². The molecule has 1 aliphatic carbocycles. The van der Waals surface area contributed by atoms with E-state index in [0.29, 0.717) is 0 Å². The molecule has 4 aromatic heterocycles. The van der Waals surface area contributed by atoms with Crippen molar-refractivity contribution in [2.75, 3.05) is 4.90 Å². The minimum absolute atomic E-state index is 0.206. The molecule has 58 heavy (non-hydrogen) atoms. The molecule has 0 amide bonds. The van der Waals surface area contributed by atoms with E-state index in [1.165, 1.54) is 54.6 Å². The summed E-state index contributed by atoms with van der Waals surface area (Å²) in [6, 6.07) is 59.1. The molecule has 1 aliphatic rings. The molecule has 1 unspecified atom stereocenters. The highest BCUT2D eigenvalue weighted by molar-refractivity contribution is 6.11. The molecule has 0 saturated carbocycles. The average molecular weight is 744 g/mol. The summed E-state index contributed by atoms with van der Waals surface area (Å²) in [7, 11) is 0. The van der Waals surface area contributed by atoms with E-state index >= 15 is 0 Å². The van der Waals surface area contributed by atoms with Gasteiger partial charge in [0.15, 0.2) is 0 Å². The Morgan fingerprint density at radius 2 is 1.19 bits per heavy atom. The first-order chi connectivity index (χ1) is 28.7. The molecule has 4 heteroatoms. The van der Waals surface area contributed by atoms with E-state index in [1.54, 1.807) is 0 Å². The van der Waals surface area contributed by atoms with Crippen LogP contribution in [0.2, 0.25) is 0 Å². The van der Waals surface area contributed by atoms with Gasteiger partial charge in [-0.05, 0) is 102 Å². The van der Waals surface area contributed by atoms with Gasteiger partial charge in [-0.2, -0.15) is 0 Å². The van der Waals surface area contributed by atoms with Gasteiger partial charge in [0, 0.05) is 66.4 Å². The number of aromatic nitrogens is 2. The highest BCUT2D eigenvalue weighted by Gasteiger charge is 2.27. The summed E-state index contributed by atoms with van der Waals surface area (Å²) in [6.07, 6.45) is 7.34. The SMILES string of the molecule is C=Cc1c(C=C)n2c3c(c4ccccc42)CC(c2ccc(N(c4ccc5oc6ccccc6c5c4)c4ccc5c(c4)c4ccccc4n5-c4ccccc4)cc2)C=c13. The largest absolute Gasteiger partial charge is 0.456 e. The third-order valence-electron chi connectivity index (χ3n) is 12.4. The summed E-state index contributed by atoms with van der Waals surface area (Å²) < 4.78 is 11.0. The van der Waals surface area contributed by atoms with Gasteiger partial charge < -0.3 is 18.3 Å². The molecule has 11 aromatic rings. The van der Waals surface area contributed by atoms with Crippen molar-refractivity contribution in [2.24, 2.45) is 0 Å². The van der Waals surface area contributed by atoms with Crippen LogP contribution in [-0.2, 0) is 6.42 Å². The fourth-order valence-electron chi connectivity index (χ4n) is 9.84. The van der Waals surface area contributed by atoms with Crippen LogP contribution >= 0.6 is 0 Å². The van der Waals surface area contributed by atoms with Gasteiger partial charge >= 0.3 is 0 Å². The Hall–Kier alpha value is -7.56. The molecule has 0 N–H and O–H groups in total. The number of fused-ring (bicyclic) bond motifs is 9. The smallest absolute Gasteiger partial charge is 0.135 e. The quantitative estimate of drug-likeness (QED) is 0.162. The van der Waals surface area contributed by atoms with Crippen molar-refractivity contribution < 1.29 is 4.42 Å². The molecular formula is C54H37N3O. The van der Waals surface area contributed by atoms with Crippen molar-refractivity contribution in [1.82, 2.24) is 8.97 Å². The summed E-state index contributed by atoms with van der Waals surface area (Å²) in [5.74, 6) is 0.206. The van der Waals surface area contributed by atoms with Crippen molar-refractivity contribution in [3.05, 3.63) is 205 Å². The fraction of sp³-hybridized carbons (Fsp3) is 0.0370. The Balaban J connectivity index is 1.03. The molecule has 4 heterocycles. The van der Waals surface area contributed by atoms with Crippen LogP contribution in [0, 0.1) is 0 Å². The molecule has 4 nitrogen and oxygen atoms in total. The number of rotatable bonds is 7. The Bertz CT molecular complexity index is 3530. The van der Waals surface area contributed by atoms with Crippen molar-refractivity contribution in [3.63, 3.8) is 0 Å². The summed E-state index contributed by atoms with van der Waals surface area (Å²) in [6.45, 7) is 8.44. The van der Waals surface area contributed by atoms with Crippen LogP contribution in [0.5, 0.6) is 0 Å². The maximum Gasteiger partial charge on any atom is 0.135 e. The minimum atomic E-state index is 0.206. The van der Waals surface area contributed by atoms with E-state index in [1.807, 2.05) is 24.3 Å². The van der Waals surface area contributed by atoms with E-state index in [4.69, 9.17) is 4.42 Å². The van der Waals surface area contributed by atoms with Crippen molar-refractivity contribution in [3.8, 4) is 5.69 Å². The van der Waals surface area contributed by atoms with Crippen molar-refractivity contribution in [1.29, 1.82) is 0 Å². The predicted molar refractivity (Wildman–Crippen MR) is 244 cm³/mol. The Morgan fingerprint density at radius 3 is 1.98 bits per heavy atom. The average Bonchev–Trinajstić information content (AvgIpc) is 4.02. The van der Waals surface area contributed by atoms with Crippen molar-refractivity contribution >= 4 is 95.5 Å². The van der Waals surface area contributed by atoms with E-state index in [9.17, 15) is 0 Å². The summed E-state index contributed by atoms with van der Waals surface area (Å²) in [5, 5.41) is 7.20. The highest BCUT2D eigenvalue weighted by Crippen LogP contribution is 2.43. The topological polar surface area (TPSA) is 25.7 Å². The molecule has 0 bridgehead atoms. The molecule has 0 fully saturated rings. The second kappa shape index (κ2) is 12.5. The molecule has 274 valence electrons. The molecule has 0 spiro atoms. The van der Waals surface area contributed by atoms with Gasteiger partial charge in [0.05, 0.1) is 27.8 Å². The Kier molecular flexibility index (Phi) is 7.02. The lowest BCUT2D eigenvalue weighted by molar-refractivity contribution is 0.669. The van der Waals surface area contributed by atoms with E-state index in [-0.39, 0.29) is 5.92 Å². The molecule has 0 aliphatic heterocycles. The van der Waals surface area contributed by atoms with Gasteiger partial charge in [0.2, 0.25) is 0 Å². The van der Waals surface area contributed by atoms with Gasteiger partial charge in [-0.3, -0.25) is 0 Å². The first-order valence-electron chi connectivity index (χ1n) is 19.9. The van der Waals surface area contributed by atoms with Crippen LogP contribution in [0.15, 0.2) is 181 Å². The van der Waals surface area contributed by atoms with Gasteiger partial charge in [0.1, 0.15) is 11.2 Å². The van der Waals surface area contributed by atoms with Gasteiger partial charge in [-0.25, -0.2) is 0 Å². The van der Waals surface area contributed by atoms with Crippen LogP contribution in [0.4, 0.5) is 17.1 Å². The van der Waals surface area contributed by atoms with Crippen LogP contribution in [0.1, 0.15) is 28.3 Å². The monoisotopic (exact) mass is 743 g/mol. The van der Waals surface area contributed by atoms with Gasteiger partial charge in [-0.15, -0.1) is 0 Å². The zero-order valence-electron chi connectivity index (χ0n) is 31.8. The predicted octanol–water partition coefficient (Wildman–Crippen LogP) is 13.7. The number of nitrogens with zero attached hydrogens (tertiary/aromatic N) is 3. The first kappa shape index (κ1) is 32.7. The lowest BCUT2D eigenvalue weighted by Gasteiger charge is -2.26. The van der Waals surface area contributed by atoms with Crippen LogP contribution in [-0.4, -0.2) is 8.97 Å². The first-order valence-corrected chi connectivity index (χ1v) is 19.9. The Morgan fingerprint density at radius 1 is 0.552 bits per heavy atom. The van der Waals surface area contributed by atoms with Crippen LogP contribution in [0.3, 0.4) is 0 Å². The van der Waals surface area contributed by atoms with Crippen LogP contribution < -0.4 is 10.1 Å². The number of para-hydroxylation sites is 4. The molecule has 1 atom stereocenters. The summed E-state index contributed by atoms with van der Waals surface area (Å²) >= 11 is 0. The van der Waals surface area contributed by atoms with Gasteiger partial charge in [0.25, 0.3) is 0 Å².